The molecule has 10 heteroatoms. The van der Waals surface area contributed by atoms with Gasteiger partial charge in [-0.15, -0.1) is 0 Å². The molecule has 2 unspecified atom stereocenters. The van der Waals surface area contributed by atoms with E-state index in [0.717, 1.165) is 167 Å². The van der Waals surface area contributed by atoms with E-state index in [1.165, 1.54) is 38.5 Å². The Hall–Kier alpha value is -5.41. The van der Waals surface area contributed by atoms with E-state index in [1.54, 1.807) is 0 Å². The minimum absolute atomic E-state index is 0.0161. The van der Waals surface area contributed by atoms with Crippen molar-refractivity contribution in [2.75, 3.05) is 47.5 Å². The smallest absolute Gasteiger partial charge is 0.462 e. The molecule has 0 radical (unpaired) electrons. The number of quaternary nitrogens is 1. The summed E-state index contributed by atoms with van der Waals surface area (Å²) < 4.78 is 34.7. The van der Waals surface area contributed by atoms with Crippen LogP contribution in [0.2, 0.25) is 0 Å². The zero-order chi connectivity index (χ0) is 66.9. The van der Waals surface area contributed by atoms with Crippen LogP contribution in [-0.2, 0) is 32.7 Å². The minimum Gasteiger partial charge on any atom is -0.462 e. The van der Waals surface area contributed by atoms with Crippen molar-refractivity contribution in [3.8, 4) is 0 Å². The molecule has 0 aliphatic carbocycles. The standard InChI is InChI=1S/C82H130NO8P/c1-6-8-10-12-14-16-18-20-22-24-26-28-30-32-34-35-36-37-38-39-40-41-42-43-44-45-46-47-49-51-53-55-57-59-61-63-65-67-69-71-73-75-82(85)91-80(79-90-92(86,87)89-77-76-83(3,4)5)78-88-81(84)74-72-70-68-66-64-62-60-58-56-54-52-50-48-33-31-29-27-25-23-21-19-17-15-13-11-9-7-2/h8-11,14-17,20-23,26-29,32-34,36-37,39-40,42-43,45-46,48-49,51-52,54,58,60,80H,6-7,12-13,18-19,24-25,30-31,35,38,41,44,47,50,53,55-57,59,61-79H2,1-5H3/p+1/b10-8-,11-9-,16-14-,17-15-,22-20-,23-21-,28-26-,29-27-,34-32-,37-36-,40-39-,43-42-,46-45-,48-33-,51-49-,54-52-,60-58-. The molecule has 0 spiro atoms. The Morgan fingerprint density at radius 1 is 0.337 bits per heavy atom. The third-order valence-corrected chi connectivity index (χ3v) is 15.3. The van der Waals surface area contributed by atoms with Gasteiger partial charge in [0.05, 0.1) is 27.7 Å². The molecule has 1 N–H and O–H groups in total. The summed E-state index contributed by atoms with van der Waals surface area (Å²) in [7, 11) is 1.43. The van der Waals surface area contributed by atoms with Crippen LogP contribution in [0.15, 0.2) is 207 Å². The molecule has 0 aromatic rings. The SMILES string of the molecule is CC/C=C\C/C=C\C/C=C\C/C=C\C/C=C\C/C=C\C/C=C\C/C=C\C/C=C\C/C=C\CCCCCCCCCCCCC(=O)OC(COC(=O)CCCCCCC/C=C\C/C=C\C/C=C\C/C=C\C/C=C\C/C=C\C/C=C\CC)COP(=O)(O)OCC[N+](C)(C)C. The highest BCUT2D eigenvalue weighted by Gasteiger charge is 2.27. The monoisotopic (exact) mass is 1290 g/mol. The second kappa shape index (κ2) is 69.9. The van der Waals surface area contributed by atoms with Crippen molar-refractivity contribution in [3.05, 3.63) is 207 Å². The van der Waals surface area contributed by atoms with Crippen molar-refractivity contribution < 1.29 is 42.1 Å². The summed E-state index contributed by atoms with van der Waals surface area (Å²) in [5.74, 6) is -0.839. The van der Waals surface area contributed by atoms with Gasteiger partial charge in [0.2, 0.25) is 0 Å². The van der Waals surface area contributed by atoms with Crippen molar-refractivity contribution in [1.82, 2.24) is 0 Å². The van der Waals surface area contributed by atoms with E-state index in [4.69, 9.17) is 18.5 Å². The zero-order valence-corrected chi connectivity index (χ0v) is 59.6. The van der Waals surface area contributed by atoms with Crippen molar-refractivity contribution in [3.63, 3.8) is 0 Å². The van der Waals surface area contributed by atoms with E-state index in [0.29, 0.717) is 23.9 Å². The molecule has 0 bridgehead atoms. The molecule has 0 aromatic carbocycles. The van der Waals surface area contributed by atoms with Crippen LogP contribution in [0, 0.1) is 0 Å². The van der Waals surface area contributed by atoms with Crippen molar-refractivity contribution in [1.29, 1.82) is 0 Å². The molecule has 0 aromatic heterocycles. The van der Waals surface area contributed by atoms with Gasteiger partial charge < -0.3 is 18.9 Å². The van der Waals surface area contributed by atoms with Crippen LogP contribution in [0.4, 0.5) is 0 Å². The number of allylic oxidation sites excluding steroid dienone is 34. The van der Waals surface area contributed by atoms with Gasteiger partial charge in [0.15, 0.2) is 6.10 Å². The molecule has 0 aliphatic heterocycles. The van der Waals surface area contributed by atoms with Gasteiger partial charge in [0.1, 0.15) is 19.8 Å². The molecule has 2 atom stereocenters. The van der Waals surface area contributed by atoms with E-state index < -0.39 is 32.5 Å². The van der Waals surface area contributed by atoms with E-state index in [-0.39, 0.29) is 26.1 Å². The number of phosphoric acid groups is 1. The lowest BCUT2D eigenvalue weighted by atomic mass is 10.0. The van der Waals surface area contributed by atoms with E-state index >= 15 is 0 Å². The summed E-state index contributed by atoms with van der Waals surface area (Å²) in [5.41, 5.74) is 0. The van der Waals surface area contributed by atoms with Crippen molar-refractivity contribution >= 4 is 19.8 Å². The largest absolute Gasteiger partial charge is 0.472 e. The molecule has 0 heterocycles. The average molecular weight is 1290 g/mol. The number of carbonyl (C=O) groups is 2. The number of nitrogens with zero attached hydrogens (tertiary/aromatic N) is 1. The molecule has 0 fully saturated rings. The van der Waals surface area contributed by atoms with Gasteiger partial charge in [-0.2, -0.15) is 0 Å². The number of carbonyl (C=O) groups excluding carboxylic acids is 2. The maximum absolute atomic E-state index is 12.9. The summed E-state index contributed by atoms with van der Waals surface area (Å²) in [6.07, 6.45) is 111. The Morgan fingerprint density at radius 3 is 0.870 bits per heavy atom. The van der Waals surface area contributed by atoms with E-state index in [1.807, 2.05) is 21.1 Å². The Morgan fingerprint density at radius 2 is 0.587 bits per heavy atom. The van der Waals surface area contributed by atoms with Gasteiger partial charge in [0.25, 0.3) is 0 Å². The second-order valence-corrected chi connectivity index (χ2v) is 25.6. The summed E-state index contributed by atoms with van der Waals surface area (Å²) >= 11 is 0. The Labute approximate surface area is 564 Å². The summed E-state index contributed by atoms with van der Waals surface area (Å²) in [4.78, 5) is 35.9. The number of phosphoric ester groups is 1. The lowest BCUT2D eigenvalue weighted by Gasteiger charge is -2.24. The molecular formula is C82H131NO8P+. The maximum Gasteiger partial charge on any atom is 0.472 e. The average Bonchev–Trinajstić information content (AvgIpc) is 2.23. The number of esters is 2. The Kier molecular flexibility index (Phi) is 65.8. The topological polar surface area (TPSA) is 108 Å². The van der Waals surface area contributed by atoms with Crippen molar-refractivity contribution in [2.45, 2.75) is 251 Å². The lowest BCUT2D eigenvalue weighted by molar-refractivity contribution is -0.870. The molecule has 0 aliphatic rings. The maximum atomic E-state index is 12.9. The van der Waals surface area contributed by atoms with Gasteiger partial charge in [-0.1, -0.05) is 291 Å². The summed E-state index contributed by atoms with van der Waals surface area (Å²) in [5, 5.41) is 0. The second-order valence-electron chi connectivity index (χ2n) is 24.2. The van der Waals surface area contributed by atoms with Crippen molar-refractivity contribution in [2.24, 2.45) is 0 Å². The molecule has 92 heavy (non-hydrogen) atoms. The fraction of sp³-hybridized carbons (Fsp3) is 0.561. The summed E-state index contributed by atoms with van der Waals surface area (Å²) in [6, 6.07) is 0. The number of unbranched alkanes of at least 4 members (excludes halogenated alkanes) is 15. The molecule has 0 saturated carbocycles. The molecule has 0 rings (SSSR count). The van der Waals surface area contributed by atoms with Crippen LogP contribution < -0.4 is 0 Å². The van der Waals surface area contributed by atoms with Crippen LogP contribution in [-0.4, -0.2) is 74.9 Å². The Bertz CT molecular complexity index is 2310. The minimum atomic E-state index is -4.41. The van der Waals surface area contributed by atoms with Crippen LogP contribution >= 0.6 is 7.82 Å². The van der Waals surface area contributed by atoms with Crippen LogP contribution in [0.25, 0.3) is 0 Å². The van der Waals surface area contributed by atoms with E-state index in [9.17, 15) is 19.0 Å². The number of hydrogen-bond donors (Lipinski definition) is 1. The van der Waals surface area contributed by atoms with Crippen LogP contribution in [0.3, 0.4) is 0 Å². The predicted octanol–water partition coefficient (Wildman–Crippen LogP) is 23.8. The van der Waals surface area contributed by atoms with Gasteiger partial charge in [-0.05, 0) is 148 Å². The molecular weight excluding hydrogens is 1160 g/mol. The highest BCUT2D eigenvalue weighted by atomic mass is 31.2. The Balaban J connectivity index is 4.16. The molecule has 516 valence electrons. The van der Waals surface area contributed by atoms with Crippen LogP contribution in [0.5, 0.6) is 0 Å². The first-order valence-corrected chi connectivity index (χ1v) is 37.3. The first kappa shape index (κ1) is 86.6. The molecule has 0 saturated heterocycles. The third-order valence-electron chi connectivity index (χ3n) is 14.3. The highest BCUT2D eigenvalue weighted by Crippen LogP contribution is 2.43. The predicted molar refractivity (Wildman–Crippen MR) is 398 cm³/mol. The van der Waals surface area contributed by atoms with E-state index in [2.05, 4.69) is 220 Å². The van der Waals surface area contributed by atoms with Gasteiger partial charge >= 0.3 is 19.8 Å². The first-order valence-electron chi connectivity index (χ1n) is 35.8. The van der Waals surface area contributed by atoms with Gasteiger partial charge in [-0.25, -0.2) is 4.57 Å². The number of ether oxygens (including phenoxy) is 2. The first-order chi connectivity index (χ1) is 45.0. The van der Waals surface area contributed by atoms with Crippen LogP contribution in [0.1, 0.15) is 245 Å². The third kappa shape index (κ3) is 73.6. The fourth-order valence-corrected chi connectivity index (χ4v) is 9.65. The molecule has 0 amide bonds. The highest BCUT2D eigenvalue weighted by molar-refractivity contribution is 7.47. The fourth-order valence-electron chi connectivity index (χ4n) is 8.91. The number of likely N-dealkylation sites (N-methyl/N-ethyl adjacent to an activating group) is 1. The zero-order valence-electron chi connectivity index (χ0n) is 58.7. The normalized spacial score (nSPS) is 14.4. The van der Waals surface area contributed by atoms with Gasteiger partial charge in [0, 0.05) is 12.8 Å². The number of rotatable bonds is 63. The molecule has 9 nitrogen and oxygen atoms in total. The number of hydrogen-bond acceptors (Lipinski definition) is 7. The van der Waals surface area contributed by atoms with Gasteiger partial charge in [-0.3, -0.25) is 18.6 Å². The lowest BCUT2D eigenvalue weighted by Crippen LogP contribution is -2.37. The summed E-state index contributed by atoms with van der Waals surface area (Å²) in [6.45, 7) is 4.15. The quantitative estimate of drug-likeness (QED) is 0.0211.